The molecule has 9 nitrogen and oxygen atoms in total. The third-order valence-electron chi connectivity index (χ3n) is 2.35. The van der Waals surface area contributed by atoms with E-state index in [1.165, 1.54) is 0 Å². The Kier molecular flexibility index (Phi) is 4.69. The summed E-state index contributed by atoms with van der Waals surface area (Å²) < 4.78 is 5.13. The van der Waals surface area contributed by atoms with Crippen molar-refractivity contribution in [2.24, 2.45) is 10.2 Å². The number of carbonyl (C=O) groups excluding carboxylic acids is 1. The number of amides is 1. The highest BCUT2D eigenvalue weighted by atomic mass is 35.5. The van der Waals surface area contributed by atoms with E-state index in [9.17, 15) is 19.5 Å². The van der Waals surface area contributed by atoms with Crippen LogP contribution in [0.4, 0.5) is 5.69 Å². The SMILES string of the molecule is O=C(COc1ccccc1Cl)N=Nc1c(O)[nH]c(=O)[nH]c1=O. The van der Waals surface area contributed by atoms with Crippen LogP contribution in [-0.4, -0.2) is 27.6 Å². The summed E-state index contributed by atoms with van der Waals surface area (Å²) in [6.45, 7) is -0.463. The van der Waals surface area contributed by atoms with Crippen LogP contribution in [0, 0.1) is 0 Å². The number of halogens is 1. The number of azo groups is 1. The zero-order chi connectivity index (χ0) is 16.1. The van der Waals surface area contributed by atoms with Gasteiger partial charge < -0.3 is 9.84 Å². The maximum atomic E-state index is 11.5. The smallest absolute Gasteiger partial charge is 0.328 e. The van der Waals surface area contributed by atoms with Gasteiger partial charge in [-0.2, -0.15) is 0 Å². The molecule has 0 spiro atoms. The van der Waals surface area contributed by atoms with Gasteiger partial charge in [-0.1, -0.05) is 23.7 Å². The Morgan fingerprint density at radius 1 is 1.27 bits per heavy atom. The largest absolute Gasteiger partial charge is 0.493 e. The molecule has 0 unspecified atom stereocenters. The van der Waals surface area contributed by atoms with Gasteiger partial charge in [-0.05, 0) is 12.1 Å². The molecule has 1 aromatic carbocycles. The zero-order valence-corrected chi connectivity index (χ0v) is 11.6. The topological polar surface area (TPSA) is 137 Å². The van der Waals surface area contributed by atoms with Crippen LogP contribution in [0.3, 0.4) is 0 Å². The summed E-state index contributed by atoms with van der Waals surface area (Å²) in [4.78, 5) is 37.4. The first-order valence-electron chi connectivity index (χ1n) is 5.85. The molecule has 0 atom stereocenters. The van der Waals surface area contributed by atoms with Gasteiger partial charge in [-0.25, -0.2) is 4.79 Å². The molecule has 0 aliphatic carbocycles. The summed E-state index contributed by atoms with van der Waals surface area (Å²) in [7, 11) is 0. The lowest BCUT2D eigenvalue weighted by Gasteiger charge is -2.04. The number of benzene rings is 1. The Balaban J connectivity index is 2.05. The first kappa shape index (κ1) is 15.4. The van der Waals surface area contributed by atoms with Crippen molar-refractivity contribution < 1.29 is 14.6 Å². The van der Waals surface area contributed by atoms with Crippen molar-refractivity contribution in [3.63, 3.8) is 0 Å². The number of aromatic amines is 2. The normalized spacial score (nSPS) is 10.8. The van der Waals surface area contributed by atoms with E-state index < -0.39 is 35.3 Å². The molecule has 2 rings (SSSR count). The zero-order valence-electron chi connectivity index (χ0n) is 10.9. The molecule has 0 saturated heterocycles. The number of aromatic nitrogens is 2. The maximum Gasteiger partial charge on any atom is 0.328 e. The Bertz CT molecular complexity index is 842. The number of H-pyrrole nitrogens is 2. The highest BCUT2D eigenvalue weighted by molar-refractivity contribution is 6.32. The molecule has 2 aromatic rings. The molecule has 0 aliphatic rings. The molecule has 114 valence electrons. The number of ether oxygens (including phenoxy) is 1. The second-order valence-electron chi connectivity index (χ2n) is 3.92. The number of hydrogen-bond donors (Lipinski definition) is 3. The minimum absolute atomic E-state index is 0.289. The first-order valence-corrected chi connectivity index (χ1v) is 6.22. The van der Waals surface area contributed by atoms with Crippen LogP contribution in [-0.2, 0) is 4.79 Å². The second-order valence-corrected chi connectivity index (χ2v) is 4.33. The molecule has 22 heavy (non-hydrogen) atoms. The monoisotopic (exact) mass is 324 g/mol. The molecular formula is C12H9ClN4O5. The highest BCUT2D eigenvalue weighted by Gasteiger charge is 2.09. The minimum atomic E-state index is -0.982. The van der Waals surface area contributed by atoms with Gasteiger partial charge in [0.25, 0.3) is 5.56 Å². The van der Waals surface area contributed by atoms with Crippen LogP contribution >= 0.6 is 11.6 Å². The number of para-hydroxylation sites is 1. The van der Waals surface area contributed by atoms with Crippen LogP contribution in [0.2, 0.25) is 5.02 Å². The fourth-order valence-electron chi connectivity index (χ4n) is 1.40. The average molecular weight is 325 g/mol. The minimum Gasteiger partial charge on any atom is -0.493 e. The van der Waals surface area contributed by atoms with Crippen molar-refractivity contribution >= 4 is 23.2 Å². The molecule has 0 radical (unpaired) electrons. The molecule has 3 N–H and O–H groups in total. The summed E-state index contributed by atoms with van der Waals surface area (Å²) in [5.41, 5.74) is -2.48. The van der Waals surface area contributed by atoms with Gasteiger partial charge in [-0.3, -0.25) is 19.6 Å². The van der Waals surface area contributed by atoms with Crippen LogP contribution in [0.15, 0.2) is 44.1 Å². The van der Waals surface area contributed by atoms with E-state index in [0.717, 1.165) is 0 Å². The van der Waals surface area contributed by atoms with Crippen LogP contribution in [0.1, 0.15) is 0 Å². The molecule has 1 amide bonds. The van der Waals surface area contributed by atoms with Crippen molar-refractivity contribution in [2.45, 2.75) is 0 Å². The van der Waals surface area contributed by atoms with E-state index in [-0.39, 0.29) is 5.75 Å². The van der Waals surface area contributed by atoms with Crippen molar-refractivity contribution in [1.29, 1.82) is 0 Å². The Morgan fingerprint density at radius 3 is 2.68 bits per heavy atom. The molecule has 0 aliphatic heterocycles. The predicted molar refractivity (Wildman–Crippen MR) is 75.8 cm³/mol. The number of nitrogens with one attached hydrogen (secondary N) is 2. The summed E-state index contributed by atoms with van der Waals surface area (Å²) in [5, 5.41) is 16.1. The number of rotatable bonds is 4. The molecule has 1 aromatic heterocycles. The van der Waals surface area contributed by atoms with Crippen LogP contribution in [0.5, 0.6) is 11.6 Å². The van der Waals surface area contributed by atoms with Crippen molar-refractivity contribution in [2.75, 3.05) is 6.61 Å². The van der Waals surface area contributed by atoms with E-state index in [0.29, 0.717) is 5.02 Å². The number of nitrogens with zero attached hydrogens (tertiary/aromatic N) is 2. The lowest BCUT2D eigenvalue weighted by molar-refractivity contribution is -0.120. The van der Waals surface area contributed by atoms with E-state index in [1.807, 2.05) is 9.97 Å². The number of hydrogen-bond acceptors (Lipinski definition) is 6. The van der Waals surface area contributed by atoms with E-state index in [4.69, 9.17) is 16.3 Å². The Labute approximate surface area is 127 Å². The predicted octanol–water partition coefficient (Wildman–Crippen LogP) is 1.11. The number of aromatic hydroxyl groups is 1. The van der Waals surface area contributed by atoms with Crippen molar-refractivity contribution in [3.8, 4) is 11.6 Å². The van der Waals surface area contributed by atoms with Gasteiger partial charge in [0.05, 0.1) is 5.02 Å². The standard InChI is InChI=1S/C12H9ClN4O5/c13-6-3-1-2-4-7(6)22-5-8(18)16-17-9-10(19)14-12(21)15-11(9)20/h1-4H,5H2,(H3,14,15,19,20,21). The third-order valence-corrected chi connectivity index (χ3v) is 2.66. The van der Waals surface area contributed by atoms with Gasteiger partial charge in [0.1, 0.15) is 5.75 Å². The molecule has 10 heteroatoms. The van der Waals surface area contributed by atoms with E-state index in [2.05, 4.69) is 10.2 Å². The molecule has 1 heterocycles. The van der Waals surface area contributed by atoms with Gasteiger partial charge in [0.15, 0.2) is 6.61 Å². The molecule has 0 fully saturated rings. The van der Waals surface area contributed by atoms with E-state index in [1.54, 1.807) is 24.3 Å². The fourth-order valence-corrected chi connectivity index (χ4v) is 1.59. The first-order chi connectivity index (χ1) is 10.5. The third kappa shape index (κ3) is 3.79. The Morgan fingerprint density at radius 2 is 2.00 bits per heavy atom. The summed E-state index contributed by atoms with van der Waals surface area (Å²) in [6, 6.07) is 6.51. The van der Waals surface area contributed by atoms with Crippen LogP contribution < -0.4 is 16.0 Å². The summed E-state index contributed by atoms with van der Waals surface area (Å²) in [5.74, 6) is -1.32. The number of carbonyl (C=O) groups is 1. The highest BCUT2D eigenvalue weighted by Crippen LogP contribution is 2.23. The van der Waals surface area contributed by atoms with Crippen molar-refractivity contribution in [3.05, 3.63) is 50.1 Å². The van der Waals surface area contributed by atoms with Crippen LogP contribution in [0.25, 0.3) is 0 Å². The van der Waals surface area contributed by atoms with E-state index >= 15 is 0 Å². The van der Waals surface area contributed by atoms with Gasteiger partial charge >= 0.3 is 11.6 Å². The molecule has 0 bridgehead atoms. The Hall–Kier alpha value is -2.94. The quantitative estimate of drug-likeness (QED) is 0.723. The van der Waals surface area contributed by atoms with Gasteiger partial charge in [-0.15, -0.1) is 10.2 Å². The summed E-state index contributed by atoms with van der Waals surface area (Å²) >= 11 is 5.83. The van der Waals surface area contributed by atoms with Crippen molar-refractivity contribution in [1.82, 2.24) is 9.97 Å². The average Bonchev–Trinajstić information content (AvgIpc) is 2.45. The summed E-state index contributed by atoms with van der Waals surface area (Å²) in [6.07, 6.45) is 0. The lowest BCUT2D eigenvalue weighted by atomic mass is 10.3. The van der Waals surface area contributed by atoms with Gasteiger partial charge in [0, 0.05) is 0 Å². The van der Waals surface area contributed by atoms with Gasteiger partial charge in [0.2, 0.25) is 11.6 Å². The molecule has 0 saturated carbocycles. The lowest BCUT2D eigenvalue weighted by Crippen LogP contribution is -2.21. The fraction of sp³-hybridized carbons (Fsp3) is 0.0833. The maximum absolute atomic E-state index is 11.5. The second kappa shape index (κ2) is 6.68. The molecular weight excluding hydrogens is 316 g/mol.